The molecule has 1 heterocycles. The summed E-state index contributed by atoms with van der Waals surface area (Å²) in [6.45, 7) is 2.20. The first-order chi connectivity index (χ1) is 9.03. The average molecular weight is 263 g/mol. The Morgan fingerprint density at radius 3 is 2.74 bits per heavy atom. The number of pyridine rings is 1. The van der Waals surface area contributed by atoms with Crippen LogP contribution in [0.5, 0.6) is 0 Å². The quantitative estimate of drug-likeness (QED) is 0.761. The van der Waals surface area contributed by atoms with E-state index in [1.54, 1.807) is 6.20 Å². The van der Waals surface area contributed by atoms with Gasteiger partial charge in [0.1, 0.15) is 5.54 Å². The number of carboxylic acid groups (broad SMARTS) is 1. The van der Waals surface area contributed by atoms with Crippen LogP contribution in [0.1, 0.15) is 30.5 Å². The van der Waals surface area contributed by atoms with Gasteiger partial charge in [0.05, 0.1) is 12.2 Å². The van der Waals surface area contributed by atoms with Crippen LogP contribution in [0.4, 0.5) is 4.79 Å². The Morgan fingerprint density at radius 1 is 1.47 bits per heavy atom. The lowest BCUT2D eigenvalue weighted by Crippen LogP contribution is -2.61. The van der Waals surface area contributed by atoms with E-state index in [-0.39, 0.29) is 6.54 Å². The topological polar surface area (TPSA) is 91.3 Å². The zero-order valence-electron chi connectivity index (χ0n) is 10.8. The molecule has 6 heteroatoms. The van der Waals surface area contributed by atoms with E-state index in [1.165, 1.54) is 0 Å². The molecule has 0 atom stereocenters. The van der Waals surface area contributed by atoms with Gasteiger partial charge < -0.3 is 15.7 Å². The minimum atomic E-state index is -1.08. The van der Waals surface area contributed by atoms with E-state index in [1.807, 2.05) is 19.1 Å². The number of carboxylic acids is 1. The second kappa shape index (κ2) is 5.26. The van der Waals surface area contributed by atoms with Crippen LogP contribution >= 0.6 is 0 Å². The monoisotopic (exact) mass is 263 g/mol. The summed E-state index contributed by atoms with van der Waals surface area (Å²) in [6, 6.07) is 3.27. The summed E-state index contributed by atoms with van der Waals surface area (Å²) in [5, 5.41) is 14.3. The van der Waals surface area contributed by atoms with Crippen molar-refractivity contribution >= 4 is 12.0 Å². The van der Waals surface area contributed by atoms with Crippen molar-refractivity contribution in [1.29, 1.82) is 0 Å². The molecule has 102 valence electrons. The fourth-order valence-electron chi connectivity index (χ4n) is 2.05. The molecule has 2 amide bonds. The summed E-state index contributed by atoms with van der Waals surface area (Å²) >= 11 is 0. The van der Waals surface area contributed by atoms with Crippen LogP contribution in [-0.2, 0) is 11.3 Å². The van der Waals surface area contributed by atoms with E-state index >= 15 is 0 Å². The standard InChI is InChI=1S/C13H17N3O3/c1-9-4-2-7-14-10(9)8-15-12(19)16-13(11(17)18)5-3-6-13/h2,4,7H,3,5-6,8H2,1H3,(H,17,18)(H2,15,16,19). The minimum absolute atomic E-state index is 0.286. The van der Waals surface area contributed by atoms with E-state index in [0.717, 1.165) is 17.7 Å². The second-order valence-corrected chi connectivity index (χ2v) is 4.82. The third-order valence-electron chi connectivity index (χ3n) is 3.50. The number of urea groups is 1. The Balaban J connectivity index is 1.89. The van der Waals surface area contributed by atoms with Gasteiger partial charge >= 0.3 is 12.0 Å². The third-order valence-corrected chi connectivity index (χ3v) is 3.50. The van der Waals surface area contributed by atoms with Gasteiger partial charge in [-0.1, -0.05) is 6.07 Å². The number of carbonyl (C=O) groups is 2. The molecule has 1 saturated carbocycles. The normalized spacial score (nSPS) is 16.3. The van der Waals surface area contributed by atoms with Crippen molar-refractivity contribution in [2.75, 3.05) is 0 Å². The molecule has 0 saturated heterocycles. The fraction of sp³-hybridized carbons (Fsp3) is 0.462. The summed E-state index contributed by atoms with van der Waals surface area (Å²) < 4.78 is 0. The third kappa shape index (κ3) is 2.83. The Morgan fingerprint density at radius 2 is 2.21 bits per heavy atom. The van der Waals surface area contributed by atoms with Crippen molar-refractivity contribution in [3.63, 3.8) is 0 Å². The molecule has 1 aliphatic rings. The number of amides is 2. The van der Waals surface area contributed by atoms with Gasteiger partial charge in [-0.25, -0.2) is 9.59 Å². The molecule has 6 nitrogen and oxygen atoms in total. The molecule has 1 aromatic rings. The molecule has 0 unspecified atom stereocenters. The molecular weight excluding hydrogens is 246 g/mol. The highest BCUT2D eigenvalue weighted by Gasteiger charge is 2.45. The summed E-state index contributed by atoms with van der Waals surface area (Å²) in [7, 11) is 0. The van der Waals surface area contributed by atoms with E-state index in [0.29, 0.717) is 12.8 Å². The molecule has 0 aromatic carbocycles. The van der Waals surface area contributed by atoms with Gasteiger partial charge in [0.2, 0.25) is 0 Å². The van der Waals surface area contributed by atoms with Gasteiger partial charge in [0.15, 0.2) is 0 Å². The lowest BCUT2D eigenvalue weighted by atomic mass is 9.77. The summed E-state index contributed by atoms with van der Waals surface area (Å²) in [5.41, 5.74) is 0.679. The Kier molecular flexibility index (Phi) is 3.69. The van der Waals surface area contributed by atoms with Gasteiger partial charge in [-0.05, 0) is 37.8 Å². The maximum atomic E-state index is 11.7. The largest absolute Gasteiger partial charge is 0.480 e. The smallest absolute Gasteiger partial charge is 0.329 e. The van der Waals surface area contributed by atoms with Gasteiger partial charge in [0, 0.05) is 6.20 Å². The summed E-state index contributed by atoms with van der Waals surface area (Å²) in [4.78, 5) is 27.0. The van der Waals surface area contributed by atoms with Crippen molar-refractivity contribution in [2.45, 2.75) is 38.3 Å². The van der Waals surface area contributed by atoms with Crippen LogP contribution in [0.25, 0.3) is 0 Å². The molecular formula is C13H17N3O3. The van der Waals surface area contributed by atoms with Gasteiger partial charge in [-0.15, -0.1) is 0 Å². The number of aliphatic carboxylic acids is 1. The highest BCUT2D eigenvalue weighted by Crippen LogP contribution is 2.31. The minimum Gasteiger partial charge on any atom is -0.480 e. The molecule has 19 heavy (non-hydrogen) atoms. The SMILES string of the molecule is Cc1cccnc1CNC(=O)NC1(C(=O)O)CCC1. The predicted molar refractivity (Wildman–Crippen MR) is 68.6 cm³/mol. The fourth-order valence-corrected chi connectivity index (χ4v) is 2.05. The molecule has 0 bridgehead atoms. The first-order valence-electron chi connectivity index (χ1n) is 6.23. The summed E-state index contributed by atoms with van der Waals surface area (Å²) in [5.74, 6) is -0.970. The van der Waals surface area contributed by atoms with Crippen LogP contribution in [-0.4, -0.2) is 27.6 Å². The van der Waals surface area contributed by atoms with Crippen LogP contribution in [0.2, 0.25) is 0 Å². The van der Waals surface area contributed by atoms with Crippen molar-refractivity contribution < 1.29 is 14.7 Å². The average Bonchev–Trinajstić information content (AvgIpc) is 2.32. The van der Waals surface area contributed by atoms with E-state index in [2.05, 4.69) is 15.6 Å². The molecule has 0 aliphatic heterocycles. The number of hydrogen-bond donors (Lipinski definition) is 3. The number of carbonyl (C=O) groups excluding carboxylic acids is 1. The Bertz CT molecular complexity index is 498. The van der Waals surface area contributed by atoms with Crippen LogP contribution in [0, 0.1) is 6.92 Å². The molecule has 0 spiro atoms. The highest BCUT2D eigenvalue weighted by atomic mass is 16.4. The lowest BCUT2D eigenvalue weighted by molar-refractivity contribution is -0.148. The van der Waals surface area contributed by atoms with Crippen molar-refractivity contribution in [2.24, 2.45) is 0 Å². The molecule has 0 radical (unpaired) electrons. The molecule has 2 rings (SSSR count). The molecule has 3 N–H and O–H groups in total. The maximum Gasteiger partial charge on any atom is 0.329 e. The van der Waals surface area contributed by atoms with Gasteiger partial charge in [0.25, 0.3) is 0 Å². The van der Waals surface area contributed by atoms with Crippen LogP contribution < -0.4 is 10.6 Å². The molecule has 1 aliphatic carbocycles. The first-order valence-corrected chi connectivity index (χ1v) is 6.23. The number of hydrogen-bond acceptors (Lipinski definition) is 3. The van der Waals surface area contributed by atoms with E-state index in [4.69, 9.17) is 5.11 Å². The van der Waals surface area contributed by atoms with E-state index < -0.39 is 17.5 Å². The molecule has 1 aromatic heterocycles. The van der Waals surface area contributed by atoms with E-state index in [9.17, 15) is 9.59 Å². The Hall–Kier alpha value is -2.11. The second-order valence-electron chi connectivity index (χ2n) is 4.82. The first kappa shape index (κ1) is 13.3. The van der Waals surface area contributed by atoms with Crippen molar-refractivity contribution in [3.05, 3.63) is 29.6 Å². The predicted octanol–water partition coefficient (Wildman–Crippen LogP) is 1.20. The Labute approximate surface area is 111 Å². The zero-order valence-corrected chi connectivity index (χ0v) is 10.8. The number of nitrogens with zero attached hydrogens (tertiary/aromatic N) is 1. The van der Waals surface area contributed by atoms with Gasteiger partial charge in [-0.2, -0.15) is 0 Å². The highest BCUT2D eigenvalue weighted by molar-refractivity contribution is 5.87. The van der Waals surface area contributed by atoms with Crippen molar-refractivity contribution in [3.8, 4) is 0 Å². The lowest BCUT2D eigenvalue weighted by Gasteiger charge is -2.38. The number of nitrogens with one attached hydrogen (secondary N) is 2. The van der Waals surface area contributed by atoms with Crippen LogP contribution in [0.15, 0.2) is 18.3 Å². The summed E-state index contributed by atoms with van der Waals surface area (Å²) in [6.07, 6.45) is 3.45. The maximum absolute atomic E-state index is 11.7. The number of aryl methyl sites for hydroxylation is 1. The van der Waals surface area contributed by atoms with Crippen LogP contribution in [0.3, 0.4) is 0 Å². The zero-order chi connectivity index (χ0) is 13.9. The number of rotatable bonds is 4. The molecule has 1 fully saturated rings. The van der Waals surface area contributed by atoms with Gasteiger partial charge in [-0.3, -0.25) is 4.98 Å². The van der Waals surface area contributed by atoms with Crippen molar-refractivity contribution in [1.82, 2.24) is 15.6 Å². The number of aromatic nitrogens is 1.